The zero-order valence-electron chi connectivity index (χ0n) is 29.0. The van der Waals surface area contributed by atoms with E-state index in [0.717, 1.165) is 19.1 Å². The number of methoxy groups -OCH3 is 2. The van der Waals surface area contributed by atoms with Gasteiger partial charge >= 0.3 is 24.0 Å². The first-order chi connectivity index (χ1) is 23.4. The molecule has 18 nitrogen and oxygen atoms in total. The average Bonchev–Trinajstić information content (AvgIpc) is 3.03. The van der Waals surface area contributed by atoms with Gasteiger partial charge in [-0.25, -0.2) is 14.4 Å². The smallest absolute Gasteiger partial charge is 0.408 e. The van der Waals surface area contributed by atoms with E-state index in [4.69, 9.17) is 14.6 Å². The number of carbonyl (C=O) groups is 8. The lowest BCUT2D eigenvalue weighted by Gasteiger charge is -2.25. The van der Waals surface area contributed by atoms with Crippen LogP contribution in [-0.4, -0.2) is 127 Å². The lowest BCUT2D eigenvalue weighted by Crippen LogP contribution is -2.53. The van der Waals surface area contributed by atoms with Crippen molar-refractivity contribution in [3.63, 3.8) is 0 Å². The Morgan fingerprint density at radius 3 is 1.92 bits per heavy atom. The second kappa shape index (κ2) is 21.0. The first-order valence-corrected chi connectivity index (χ1v) is 15.5. The van der Waals surface area contributed by atoms with Crippen molar-refractivity contribution in [2.24, 2.45) is 0 Å². The van der Waals surface area contributed by atoms with Gasteiger partial charge in [-0.2, -0.15) is 0 Å². The molecule has 50 heavy (non-hydrogen) atoms. The van der Waals surface area contributed by atoms with Crippen molar-refractivity contribution >= 4 is 47.6 Å². The fourth-order valence-electron chi connectivity index (χ4n) is 4.35. The molecule has 0 fully saturated rings. The molecule has 0 aliphatic heterocycles. The Labute approximate surface area is 289 Å². The molecule has 0 aromatic heterocycles. The minimum Gasteiger partial charge on any atom is -0.481 e. The fraction of sp³-hybridized carbons (Fsp3) is 0.562. The Morgan fingerprint density at radius 1 is 0.800 bits per heavy atom. The van der Waals surface area contributed by atoms with Crippen molar-refractivity contribution in [3.8, 4) is 0 Å². The minimum absolute atomic E-state index is 0.0685. The maximum Gasteiger partial charge on any atom is 0.408 e. The summed E-state index contributed by atoms with van der Waals surface area (Å²) in [5.74, 6) is -6.23. The van der Waals surface area contributed by atoms with E-state index >= 15 is 0 Å². The number of hydrogen-bond acceptors (Lipinski definition) is 12. The molecule has 0 spiro atoms. The number of carboxylic acids is 1. The first kappa shape index (κ1) is 42.8. The standard InChI is InChI=1S/C32H47N5O13/c1-32(2,3)50-31(47)36-22(14-19-10-8-7-9-11-19)28(44)33-20(18-38)15-24(39)34-21(29(45)48-5)12-13-26(41)37(4)17-25(40)35-23(16-27(42)43)30(46)49-6/h7-11,20-23,38H,12-18H2,1-6H3,(H,33,44)(H,34,39)(H,35,40)(H,36,47)(H,42,43)/t20-,21-,22+,23-/m1/s1. The van der Waals surface area contributed by atoms with Gasteiger partial charge in [-0.05, 0) is 32.8 Å². The second-order valence-corrected chi connectivity index (χ2v) is 12.2. The number of ether oxygens (including phenoxy) is 3. The van der Waals surface area contributed by atoms with Crippen LogP contribution >= 0.6 is 0 Å². The number of rotatable bonds is 19. The summed E-state index contributed by atoms with van der Waals surface area (Å²) in [5.41, 5.74) is -0.125. The summed E-state index contributed by atoms with van der Waals surface area (Å²) in [4.78, 5) is 99.8. The number of amides is 5. The van der Waals surface area contributed by atoms with Crippen LogP contribution in [0, 0.1) is 0 Å². The number of alkyl carbamates (subject to hydrolysis) is 1. The van der Waals surface area contributed by atoms with Gasteiger partial charge in [0.05, 0.1) is 39.8 Å². The van der Waals surface area contributed by atoms with E-state index in [1.165, 1.54) is 7.05 Å². The summed E-state index contributed by atoms with van der Waals surface area (Å²) in [6, 6.07) is 3.72. The number of nitrogens with zero attached hydrogens (tertiary/aromatic N) is 1. The van der Waals surface area contributed by atoms with Crippen molar-refractivity contribution < 1.29 is 62.8 Å². The van der Waals surface area contributed by atoms with E-state index in [1.54, 1.807) is 51.1 Å². The quantitative estimate of drug-likeness (QED) is 0.0747. The SMILES string of the molecule is COC(=O)[C@@H](CCC(=O)N(C)CC(=O)N[C@H](CC(=O)O)C(=O)OC)NC(=O)C[C@H](CO)NC(=O)[C@H](Cc1ccccc1)NC(=O)OC(C)(C)C. The highest BCUT2D eigenvalue weighted by molar-refractivity contribution is 5.91. The Balaban J connectivity index is 2.85. The van der Waals surface area contributed by atoms with Gasteiger partial charge in [-0.1, -0.05) is 30.3 Å². The molecule has 6 N–H and O–H groups in total. The largest absolute Gasteiger partial charge is 0.481 e. The highest BCUT2D eigenvalue weighted by Gasteiger charge is 2.30. The molecular weight excluding hydrogens is 662 g/mol. The third-order valence-electron chi connectivity index (χ3n) is 6.76. The molecule has 278 valence electrons. The van der Waals surface area contributed by atoms with Gasteiger partial charge in [-0.15, -0.1) is 0 Å². The summed E-state index contributed by atoms with van der Waals surface area (Å²) in [6.07, 6.45) is -2.63. The number of likely N-dealkylation sites (N-methyl/N-ethyl adjacent to an activating group) is 1. The van der Waals surface area contributed by atoms with Gasteiger partial charge in [0.2, 0.25) is 23.6 Å². The molecule has 0 saturated heterocycles. The van der Waals surface area contributed by atoms with Crippen molar-refractivity contribution in [2.45, 2.75) is 82.6 Å². The summed E-state index contributed by atoms with van der Waals surface area (Å²) in [7, 11) is 3.34. The van der Waals surface area contributed by atoms with Crippen LogP contribution in [0.4, 0.5) is 4.79 Å². The molecule has 1 aromatic rings. The molecule has 0 unspecified atom stereocenters. The lowest BCUT2D eigenvalue weighted by atomic mass is 10.0. The molecular formula is C32H47N5O13. The monoisotopic (exact) mass is 709 g/mol. The van der Waals surface area contributed by atoms with Crippen LogP contribution in [-0.2, 0) is 54.2 Å². The van der Waals surface area contributed by atoms with E-state index < -0.39 is 103 Å². The van der Waals surface area contributed by atoms with Crippen LogP contribution in [0.3, 0.4) is 0 Å². The van der Waals surface area contributed by atoms with Crippen molar-refractivity contribution in [1.29, 1.82) is 0 Å². The molecule has 1 rings (SSSR count). The zero-order chi connectivity index (χ0) is 38.0. The summed E-state index contributed by atoms with van der Waals surface area (Å²) in [5, 5.41) is 28.5. The van der Waals surface area contributed by atoms with Gasteiger partial charge in [-0.3, -0.25) is 24.0 Å². The molecule has 18 heteroatoms. The van der Waals surface area contributed by atoms with Gasteiger partial charge < -0.3 is 50.6 Å². The minimum atomic E-state index is -1.48. The molecule has 0 aliphatic carbocycles. The summed E-state index contributed by atoms with van der Waals surface area (Å²) in [6.45, 7) is 3.73. The molecule has 0 saturated carbocycles. The molecule has 0 radical (unpaired) electrons. The van der Waals surface area contributed by atoms with Crippen LogP contribution in [0.5, 0.6) is 0 Å². The number of nitrogens with one attached hydrogen (secondary N) is 4. The van der Waals surface area contributed by atoms with Crippen LogP contribution in [0.25, 0.3) is 0 Å². The Kier molecular flexibility index (Phi) is 17.9. The number of esters is 2. The first-order valence-electron chi connectivity index (χ1n) is 15.5. The normalized spacial score (nSPS) is 13.3. The topological polar surface area (TPSA) is 256 Å². The van der Waals surface area contributed by atoms with E-state index in [0.29, 0.717) is 5.56 Å². The van der Waals surface area contributed by atoms with E-state index in [1.807, 2.05) is 0 Å². The predicted octanol–water partition coefficient (Wildman–Crippen LogP) is -0.981. The van der Waals surface area contributed by atoms with Crippen molar-refractivity contribution in [2.75, 3.05) is 34.4 Å². The summed E-state index contributed by atoms with van der Waals surface area (Å²) < 4.78 is 14.5. The number of carbonyl (C=O) groups excluding carboxylic acids is 7. The molecule has 0 aliphatic rings. The number of aliphatic hydroxyl groups excluding tert-OH is 1. The Morgan fingerprint density at radius 2 is 1.38 bits per heavy atom. The van der Waals surface area contributed by atoms with Gasteiger partial charge in [0.1, 0.15) is 23.7 Å². The van der Waals surface area contributed by atoms with Gasteiger partial charge in [0.15, 0.2) is 0 Å². The predicted molar refractivity (Wildman–Crippen MR) is 174 cm³/mol. The molecule has 4 atom stereocenters. The fourth-order valence-corrected chi connectivity index (χ4v) is 4.35. The van der Waals surface area contributed by atoms with Crippen LogP contribution in [0.1, 0.15) is 52.0 Å². The number of hydrogen-bond donors (Lipinski definition) is 6. The van der Waals surface area contributed by atoms with E-state index in [9.17, 15) is 43.5 Å². The maximum absolute atomic E-state index is 13.2. The van der Waals surface area contributed by atoms with Crippen LogP contribution in [0.15, 0.2) is 30.3 Å². The molecule has 5 amide bonds. The van der Waals surface area contributed by atoms with E-state index in [-0.39, 0.29) is 19.3 Å². The highest BCUT2D eigenvalue weighted by atomic mass is 16.6. The number of aliphatic carboxylic acids is 1. The Bertz CT molecular complexity index is 1350. The van der Waals surface area contributed by atoms with Crippen LogP contribution in [0.2, 0.25) is 0 Å². The highest BCUT2D eigenvalue weighted by Crippen LogP contribution is 2.10. The van der Waals surface area contributed by atoms with Crippen LogP contribution < -0.4 is 21.3 Å². The summed E-state index contributed by atoms with van der Waals surface area (Å²) >= 11 is 0. The van der Waals surface area contributed by atoms with Crippen molar-refractivity contribution in [1.82, 2.24) is 26.2 Å². The molecule has 0 bridgehead atoms. The molecule has 0 heterocycles. The third kappa shape index (κ3) is 16.7. The lowest BCUT2D eigenvalue weighted by molar-refractivity contribution is -0.149. The Hall–Kier alpha value is -5.26. The van der Waals surface area contributed by atoms with E-state index in [2.05, 4.69) is 26.0 Å². The average molecular weight is 710 g/mol. The van der Waals surface area contributed by atoms with Gasteiger partial charge in [0, 0.05) is 26.3 Å². The van der Waals surface area contributed by atoms with Crippen molar-refractivity contribution in [3.05, 3.63) is 35.9 Å². The number of benzene rings is 1. The zero-order valence-corrected chi connectivity index (χ0v) is 29.0. The third-order valence-corrected chi connectivity index (χ3v) is 6.76. The number of carboxylic acid groups (broad SMARTS) is 1. The maximum atomic E-state index is 13.2. The van der Waals surface area contributed by atoms with Gasteiger partial charge in [0.25, 0.3) is 0 Å². The molecule has 1 aromatic carbocycles. The second-order valence-electron chi connectivity index (χ2n) is 12.2. The number of aliphatic hydroxyl groups is 1.